The van der Waals surface area contributed by atoms with Crippen LogP contribution in [0.2, 0.25) is 0 Å². The van der Waals surface area contributed by atoms with Crippen molar-refractivity contribution in [3.8, 4) is 16.9 Å². The minimum atomic E-state index is -4.37. The molecule has 4 aromatic rings. The Kier molecular flexibility index (Phi) is 8.34. The Morgan fingerprint density at radius 1 is 1.02 bits per heavy atom. The van der Waals surface area contributed by atoms with Crippen molar-refractivity contribution in [1.82, 2.24) is 14.7 Å². The number of piperidine rings is 1. The summed E-state index contributed by atoms with van der Waals surface area (Å²) >= 11 is 0. The van der Waals surface area contributed by atoms with E-state index >= 15 is 0 Å². The third-order valence-electron chi connectivity index (χ3n) is 7.90. The van der Waals surface area contributed by atoms with Crippen LogP contribution in [0.3, 0.4) is 0 Å². The van der Waals surface area contributed by atoms with Crippen molar-refractivity contribution in [2.24, 2.45) is 5.92 Å². The fourth-order valence-corrected chi connectivity index (χ4v) is 5.53. The van der Waals surface area contributed by atoms with Gasteiger partial charge in [-0.05, 0) is 73.2 Å². The summed E-state index contributed by atoms with van der Waals surface area (Å²) in [7, 11) is 1.49. The zero-order valence-corrected chi connectivity index (χ0v) is 23.4. The van der Waals surface area contributed by atoms with Crippen LogP contribution in [0.1, 0.15) is 52.0 Å². The van der Waals surface area contributed by atoms with E-state index in [1.807, 2.05) is 27.9 Å². The normalized spacial score (nSPS) is 14.4. The van der Waals surface area contributed by atoms with Gasteiger partial charge in [0.2, 0.25) is 0 Å². The first-order chi connectivity index (χ1) is 20.0. The molecule has 2 heterocycles. The molecule has 1 amide bonds. The lowest BCUT2D eigenvalue weighted by Gasteiger charge is -2.32. The number of rotatable bonds is 8. The molecule has 220 valence electrons. The molecule has 6 nitrogen and oxygen atoms in total. The van der Waals surface area contributed by atoms with Crippen LogP contribution in [0.5, 0.6) is 5.75 Å². The number of halogens is 4. The number of amides is 1. The highest BCUT2D eigenvalue weighted by molar-refractivity contribution is 6.01. The van der Waals surface area contributed by atoms with Crippen LogP contribution in [0.4, 0.5) is 17.6 Å². The molecule has 3 aromatic carbocycles. The molecule has 0 spiro atoms. The Hall–Kier alpha value is -4.21. The van der Waals surface area contributed by atoms with E-state index in [9.17, 15) is 27.2 Å². The van der Waals surface area contributed by atoms with Gasteiger partial charge in [-0.1, -0.05) is 12.1 Å². The number of ether oxygens (including phenoxy) is 1. The smallest absolute Gasteiger partial charge is 0.389 e. The largest absolute Gasteiger partial charge is 0.496 e. The van der Waals surface area contributed by atoms with E-state index < -0.39 is 24.8 Å². The number of carbonyl (C=O) groups is 2. The molecule has 5 rings (SSSR count). The van der Waals surface area contributed by atoms with E-state index in [-0.39, 0.29) is 11.7 Å². The Bertz CT molecular complexity index is 1600. The molecule has 1 saturated heterocycles. The van der Waals surface area contributed by atoms with E-state index in [1.165, 1.54) is 19.2 Å². The van der Waals surface area contributed by atoms with Crippen molar-refractivity contribution < 1.29 is 31.9 Å². The highest BCUT2D eigenvalue weighted by atomic mass is 19.4. The summed E-state index contributed by atoms with van der Waals surface area (Å²) in [5.74, 6) is -0.239. The van der Waals surface area contributed by atoms with Gasteiger partial charge in [0.1, 0.15) is 11.6 Å². The lowest BCUT2D eigenvalue weighted by Crippen LogP contribution is -2.39. The Morgan fingerprint density at radius 3 is 2.40 bits per heavy atom. The second-order valence-electron chi connectivity index (χ2n) is 10.7. The van der Waals surface area contributed by atoms with Crippen LogP contribution >= 0.6 is 0 Å². The topological polar surface area (TPSA) is 64.4 Å². The average Bonchev–Trinajstić information content (AvgIpc) is 3.39. The molecule has 0 radical (unpaired) electrons. The zero-order chi connectivity index (χ0) is 30.0. The van der Waals surface area contributed by atoms with Gasteiger partial charge in [0, 0.05) is 60.4 Å². The Morgan fingerprint density at radius 2 is 1.74 bits per heavy atom. The maximum absolute atomic E-state index is 13.6. The molecule has 1 fully saturated rings. The van der Waals surface area contributed by atoms with Crippen LogP contribution in [-0.4, -0.2) is 52.7 Å². The van der Waals surface area contributed by atoms with Crippen molar-refractivity contribution in [2.75, 3.05) is 20.2 Å². The number of nitrogens with zero attached hydrogens (tertiary/aromatic N) is 3. The molecular formula is C32H31F4N3O3. The quantitative estimate of drug-likeness (QED) is 0.163. The van der Waals surface area contributed by atoms with Gasteiger partial charge < -0.3 is 9.64 Å². The first-order valence-corrected chi connectivity index (χ1v) is 13.8. The second-order valence-corrected chi connectivity index (χ2v) is 10.7. The molecule has 0 unspecified atom stereocenters. The van der Waals surface area contributed by atoms with E-state index in [0.717, 1.165) is 29.4 Å². The van der Waals surface area contributed by atoms with Gasteiger partial charge in [0.15, 0.2) is 5.78 Å². The maximum atomic E-state index is 13.6. The minimum absolute atomic E-state index is 0.0470. The number of carbonyl (C=O) groups excluding carboxylic acids is 2. The summed E-state index contributed by atoms with van der Waals surface area (Å²) < 4.78 is 58.4. The molecule has 1 aromatic heterocycles. The molecule has 0 N–H and O–H groups in total. The number of benzene rings is 3. The van der Waals surface area contributed by atoms with Crippen LogP contribution in [-0.2, 0) is 6.54 Å². The summed E-state index contributed by atoms with van der Waals surface area (Å²) in [6.45, 7) is 3.59. The van der Waals surface area contributed by atoms with E-state index in [1.54, 1.807) is 37.3 Å². The molecular weight excluding hydrogens is 550 g/mol. The van der Waals surface area contributed by atoms with Crippen molar-refractivity contribution >= 4 is 22.6 Å². The number of hydrogen-bond acceptors (Lipinski definition) is 4. The molecule has 1 aliphatic heterocycles. The number of aryl methyl sites for hydroxylation is 1. The first-order valence-electron chi connectivity index (χ1n) is 13.8. The summed E-state index contributed by atoms with van der Waals surface area (Å²) in [6, 6.07) is 14.8. The van der Waals surface area contributed by atoms with Gasteiger partial charge in [0.25, 0.3) is 5.91 Å². The minimum Gasteiger partial charge on any atom is -0.496 e. The predicted octanol–water partition coefficient (Wildman–Crippen LogP) is 7.24. The summed E-state index contributed by atoms with van der Waals surface area (Å²) in [5.41, 5.74) is 3.76. The molecule has 10 heteroatoms. The lowest BCUT2D eigenvalue weighted by atomic mass is 9.96. The van der Waals surface area contributed by atoms with E-state index in [4.69, 9.17) is 4.74 Å². The van der Waals surface area contributed by atoms with E-state index in [0.29, 0.717) is 53.5 Å². The highest BCUT2D eigenvalue weighted by Gasteiger charge is 2.29. The van der Waals surface area contributed by atoms with Crippen molar-refractivity contribution in [2.45, 2.75) is 45.3 Å². The second kappa shape index (κ2) is 12.0. The van der Waals surface area contributed by atoms with Gasteiger partial charge in [-0.15, -0.1) is 0 Å². The number of methoxy groups -OCH3 is 1. The molecule has 0 aliphatic carbocycles. The molecule has 0 bridgehead atoms. The number of aromatic nitrogens is 2. The molecule has 0 saturated carbocycles. The van der Waals surface area contributed by atoms with Crippen molar-refractivity contribution in [3.63, 3.8) is 0 Å². The molecule has 42 heavy (non-hydrogen) atoms. The van der Waals surface area contributed by atoms with Gasteiger partial charge in [-0.3, -0.25) is 14.3 Å². The van der Waals surface area contributed by atoms with Gasteiger partial charge in [-0.25, -0.2) is 4.39 Å². The maximum Gasteiger partial charge on any atom is 0.389 e. The lowest BCUT2D eigenvalue weighted by molar-refractivity contribution is -0.133. The predicted molar refractivity (Wildman–Crippen MR) is 151 cm³/mol. The number of likely N-dealkylation sites (tertiary alicyclic amines) is 1. The van der Waals surface area contributed by atoms with Crippen molar-refractivity contribution in [3.05, 3.63) is 83.3 Å². The van der Waals surface area contributed by atoms with Gasteiger partial charge in [-0.2, -0.15) is 18.3 Å². The number of Topliss-reactive ketones (excluding diaryl/α,β-unsaturated/α-hetero) is 1. The highest BCUT2D eigenvalue weighted by Crippen LogP contribution is 2.31. The SMILES string of the molecule is COc1cc(F)ccc1-c1ccc(C(=O)N2CCC(Cn3cc4c(C)c(C(=O)CCC(F)(F)F)ccc4n3)CC2)cc1. The van der Waals surface area contributed by atoms with Crippen LogP contribution < -0.4 is 4.74 Å². The fourth-order valence-electron chi connectivity index (χ4n) is 5.53. The number of ketones is 1. The van der Waals surface area contributed by atoms with Gasteiger partial charge >= 0.3 is 6.18 Å². The van der Waals surface area contributed by atoms with Crippen LogP contribution in [0.15, 0.2) is 60.8 Å². The third-order valence-corrected chi connectivity index (χ3v) is 7.90. The monoisotopic (exact) mass is 581 g/mol. The Balaban J connectivity index is 1.19. The van der Waals surface area contributed by atoms with Gasteiger partial charge in [0.05, 0.1) is 19.0 Å². The number of hydrogen-bond donors (Lipinski definition) is 0. The van der Waals surface area contributed by atoms with E-state index in [2.05, 4.69) is 5.10 Å². The van der Waals surface area contributed by atoms with Crippen LogP contribution in [0.25, 0.3) is 22.0 Å². The third kappa shape index (κ3) is 6.48. The van der Waals surface area contributed by atoms with Crippen LogP contribution in [0, 0.1) is 18.7 Å². The van der Waals surface area contributed by atoms with Crippen molar-refractivity contribution in [1.29, 1.82) is 0 Å². The fraction of sp³-hybridized carbons (Fsp3) is 0.344. The molecule has 1 aliphatic rings. The summed E-state index contributed by atoms with van der Waals surface area (Å²) in [5, 5.41) is 5.37. The number of alkyl halides is 3. The first kappa shape index (κ1) is 29.3. The standard InChI is InChI=1S/C32H31F4N3O3/c1-20-25(29(40)11-14-32(34,35)36)9-10-28-27(20)19-39(37-28)18-21-12-15-38(16-13-21)31(41)23-5-3-22(4-6-23)26-8-7-24(33)17-30(26)42-2/h3-10,17,19,21H,11-16,18H2,1-2H3. The summed E-state index contributed by atoms with van der Waals surface area (Å²) in [6.07, 6.45) is -2.64. The summed E-state index contributed by atoms with van der Waals surface area (Å²) in [4.78, 5) is 27.4. The average molecular weight is 582 g/mol. The number of fused-ring (bicyclic) bond motifs is 1. The zero-order valence-electron chi connectivity index (χ0n) is 23.4. The Labute approximate surface area is 240 Å². The molecule has 0 atom stereocenters.